The lowest BCUT2D eigenvalue weighted by atomic mass is 9.84. The fourth-order valence-electron chi connectivity index (χ4n) is 2.84. The van der Waals surface area contributed by atoms with Crippen molar-refractivity contribution in [2.75, 3.05) is 6.54 Å². The van der Waals surface area contributed by atoms with E-state index in [2.05, 4.69) is 10.5 Å². The second-order valence-electron chi connectivity index (χ2n) is 5.41. The number of rotatable bonds is 4. The highest BCUT2D eigenvalue weighted by atomic mass is 16.5. The van der Waals surface area contributed by atoms with Crippen molar-refractivity contribution >= 4 is 5.91 Å². The largest absolute Gasteiger partial charge is 0.461 e. The van der Waals surface area contributed by atoms with E-state index in [1.807, 2.05) is 0 Å². The summed E-state index contributed by atoms with van der Waals surface area (Å²) in [6.45, 7) is 0.599. The molecule has 3 N–H and O–H groups in total. The van der Waals surface area contributed by atoms with Crippen LogP contribution in [0.15, 0.2) is 33.4 Å². The van der Waals surface area contributed by atoms with E-state index in [0.29, 0.717) is 24.0 Å². The number of carbonyl (C=O) groups excluding carboxylic acids is 1. The van der Waals surface area contributed by atoms with Gasteiger partial charge in [-0.15, -0.1) is 0 Å². The number of hydrogen-bond acceptors (Lipinski definition) is 5. The van der Waals surface area contributed by atoms with E-state index in [1.165, 1.54) is 6.42 Å². The van der Waals surface area contributed by atoms with Crippen molar-refractivity contribution in [3.05, 3.63) is 30.2 Å². The minimum absolute atomic E-state index is 0.125. The van der Waals surface area contributed by atoms with Crippen LogP contribution in [0.2, 0.25) is 0 Å². The van der Waals surface area contributed by atoms with Crippen molar-refractivity contribution in [1.29, 1.82) is 0 Å². The second-order valence-corrected chi connectivity index (χ2v) is 5.41. The Morgan fingerprint density at radius 1 is 1.38 bits per heavy atom. The topological polar surface area (TPSA) is 94.3 Å². The van der Waals surface area contributed by atoms with Crippen LogP contribution >= 0.6 is 0 Å². The molecule has 112 valence electrons. The molecule has 1 saturated carbocycles. The summed E-state index contributed by atoms with van der Waals surface area (Å²) in [5.41, 5.74) is 6.04. The van der Waals surface area contributed by atoms with Gasteiger partial charge in [-0.25, -0.2) is 0 Å². The summed E-state index contributed by atoms with van der Waals surface area (Å²) in [4.78, 5) is 12.3. The van der Waals surface area contributed by atoms with Gasteiger partial charge >= 0.3 is 0 Å². The van der Waals surface area contributed by atoms with Crippen LogP contribution < -0.4 is 11.1 Å². The zero-order chi connectivity index (χ0) is 14.7. The van der Waals surface area contributed by atoms with Gasteiger partial charge in [-0.05, 0) is 37.4 Å². The first kappa shape index (κ1) is 13.9. The summed E-state index contributed by atoms with van der Waals surface area (Å²) in [7, 11) is 0. The van der Waals surface area contributed by atoms with E-state index >= 15 is 0 Å². The molecule has 21 heavy (non-hydrogen) atoms. The Morgan fingerprint density at radius 3 is 3.00 bits per heavy atom. The Hall–Kier alpha value is -2.08. The summed E-state index contributed by atoms with van der Waals surface area (Å²) in [5.74, 6) is 1.13. The fraction of sp³-hybridized carbons (Fsp3) is 0.467. The van der Waals surface area contributed by atoms with Crippen LogP contribution in [0, 0.1) is 5.92 Å². The molecule has 1 aliphatic rings. The Morgan fingerprint density at radius 2 is 2.24 bits per heavy atom. The number of aromatic nitrogens is 1. The number of nitrogens with two attached hydrogens (primary N) is 1. The average Bonchev–Trinajstić information content (AvgIpc) is 3.18. The molecule has 0 bridgehead atoms. The van der Waals surface area contributed by atoms with Crippen LogP contribution in [-0.2, 0) is 0 Å². The van der Waals surface area contributed by atoms with Crippen molar-refractivity contribution in [1.82, 2.24) is 10.5 Å². The van der Waals surface area contributed by atoms with Crippen LogP contribution in [0.25, 0.3) is 11.5 Å². The maximum atomic E-state index is 12.3. The summed E-state index contributed by atoms with van der Waals surface area (Å²) in [5, 5.41) is 6.83. The van der Waals surface area contributed by atoms with Crippen molar-refractivity contribution < 1.29 is 13.7 Å². The van der Waals surface area contributed by atoms with E-state index < -0.39 is 0 Å². The van der Waals surface area contributed by atoms with Crippen LogP contribution in [-0.4, -0.2) is 23.7 Å². The highest BCUT2D eigenvalue weighted by molar-refractivity contribution is 5.93. The Balaban J connectivity index is 1.68. The first-order chi connectivity index (χ1) is 10.3. The first-order valence-corrected chi connectivity index (χ1v) is 7.29. The van der Waals surface area contributed by atoms with Gasteiger partial charge in [0.1, 0.15) is 0 Å². The van der Waals surface area contributed by atoms with E-state index in [9.17, 15) is 4.79 Å². The molecule has 0 aromatic carbocycles. The molecule has 0 saturated heterocycles. The van der Waals surface area contributed by atoms with Crippen molar-refractivity contribution in [3.8, 4) is 11.5 Å². The third-order valence-electron chi connectivity index (χ3n) is 4.04. The maximum absolute atomic E-state index is 12.3. The molecular formula is C15H19N3O3. The number of amides is 1. The number of carbonyl (C=O) groups is 1. The van der Waals surface area contributed by atoms with Gasteiger partial charge in [-0.3, -0.25) is 4.79 Å². The predicted molar refractivity (Wildman–Crippen MR) is 76.5 cm³/mol. The van der Waals surface area contributed by atoms with E-state index in [4.69, 9.17) is 14.7 Å². The van der Waals surface area contributed by atoms with Gasteiger partial charge in [0.25, 0.3) is 5.91 Å². The Kier molecular flexibility index (Phi) is 4.06. The molecule has 2 aromatic rings. The maximum Gasteiger partial charge on any atom is 0.273 e. The minimum atomic E-state index is -0.220. The Bertz CT molecular complexity index is 591. The number of hydrogen-bond donors (Lipinski definition) is 2. The predicted octanol–water partition coefficient (Wildman–Crippen LogP) is 2.18. The van der Waals surface area contributed by atoms with Crippen molar-refractivity contribution in [3.63, 3.8) is 0 Å². The highest BCUT2D eigenvalue weighted by Gasteiger charge is 2.26. The molecule has 2 unspecified atom stereocenters. The van der Waals surface area contributed by atoms with Gasteiger partial charge in [0.05, 0.1) is 6.26 Å². The van der Waals surface area contributed by atoms with Crippen molar-refractivity contribution in [2.45, 2.75) is 31.7 Å². The molecule has 1 amide bonds. The summed E-state index contributed by atoms with van der Waals surface area (Å²) in [6, 6.07) is 5.23. The molecule has 0 spiro atoms. The molecule has 3 rings (SSSR count). The third-order valence-corrected chi connectivity index (χ3v) is 4.04. The molecular weight excluding hydrogens is 270 g/mol. The van der Waals surface area contributed by atoms with Gasteiger partial charge in [0.2, 0.25) is 5.76 Å². The van der Waals surface area contributed by atoms with Crippen LogP contribution in [0.5, 0.6) is 0 Å². The lowest BCUT2D eigenvalue weighted by Gasteiger charge is -2.30. The molecule has 2 heterocycles. The number of nitrogens with zero attached hydrogens (tertiary/aromatic N) is 1. The summed E-state index contributed by atoms with van der Waals surface area (Å²) in [6.07, 6.45) is 5.89. The molecule has 6 nitrogen and oxygen atoms in total. The van der Waals surface area contributed by atoms with E-state index in [-0.39, 0.29) is 17.6 Å². The van der Waals surface area contributed by atoms with Gasteiger partial charge < -0.3 is 20.0 Å². The first-order valence-electron chi connectivity index (χ1n) is 7.29. The van der Waals surface area contributed by atoms with Gasteiger partial charge in [-0.2, -0.15) is 0 Å². The fourth-order valence-corrected chi connectivity index (χ4v) is 2.84. The lowest BCUT2D eigenvalue weighted by molar-refractivity contribution is 0.0899. The number of nitrogens with one attached hydrogen (secondary N) is 1. The van der Waals surface area contributed by atoms with Gasteiger partial charge in [-0.1, -0.05) is 18.0 Å². The van der Waals surface area contributed by atoms with Crippen LogP contribution in [0.1, 0.15) is 36.2 Å². The van der Waals surface area contributed by atoms with Crippen LogP contribution in [0.4, 0.5) is 0 Å². The zero-order valence-electron chi connectivity index (χ0n) is 11.7. The van der Waals surface area contributed by atoms with E-state index in [0.717, 1.165) is 19.3 Å². The van der Waals surface area contributed by atoms with Gasteiger partial charge in [0.15, 0.2) is 11.5 Å². The highest BCUT2D eigenvalue weighted by Crippen LogP contribution is 2.24. The monoisotopic (exact) mass is 289 g/mol. The molecule has 6 heteroatoms. The van der Waals surface area contributed by atoms with E-state index in [1.54, 1.807) is 24.5 Å². The normalized spacial score (nSPS) is 22.1. The lowest BCUT2D eigenvalue weighted by Crippen LogP contribution is -2.44. The Labute approximate surface area is 122 Å². The SMILES string of the molecule is NCC1CCCCC1NC(=O)c1cc(-c2ccco2)on1. The van der Waals surface area contributed by atoms with Crippen molar-refractivity contribution in [2.24, 2.45) is 11.7 Å². The number of furan rings is 1. The van der Waals surface area contributed by atoms with Gasteiger partial charge in [0, 0.05) is 12.1 Å². The molecule has 0 radical (unpaired) electrons. The third kappa shape index (κ3) is 3.00. The standard InChI is InChI=1S/C15H19N3O3/c16-9-10-4-1-2-5-11(10)17-15(19)12-8-14(21-18-12)13-6-3-7-20-13/h3,6-8,10-11H,1-2,4-5,9,16H2,(H,17,19). The zero-order valence-corrected chi connectivity index (χ0v) is 11.7. The van der Waals surface area contributed by atoms with Crippen LogP contribution in [0.3, 0.4) is 0 Å². The molecule has 0 aliphatic heterocycles. The minimum Gasteiger partial charge on any atom is -0.461 e. The quantitative estimate of drug-likeness (QED) is 0.899. The average molecular weight is 289 g/mol. The molecule has 2 aromatic heterocycles. The summed E-state index contributed by atoms with van der Waals surface area (Å²) < 4.78 is 10.4. The smallest absolute Gasteiger partial charge is 0.273 e. The molecule has 2 atom stereocenters. The molecule has 1 fully saturated rings. The molecule has 1 aliphatic carbocycles. The second kappa shape index (κ2) is 6.13. The summed E-state index contributed by atoms with van der Waals surface area (Å²) >= 11 is 0.